The molecular formula is C16H18N2O4S. The lowest BCUT2D eigenvalue weighted by Gasteiger charge is -2.10. The Bertz CT molecular complexity index is 641. The largest absolute Gasteiger partial charge is 0.497 e. The highest BCUT2D eigenvalue weighted by atomic mass is 32.1. The molecule has 0 spiro atoms. The molecule has 0 aliphatic heterocycles. The van der Waals surface area contributed by atoms with Crippen molar-refractivity contribution in [3.05, 3.63) is 52.2 Å². The molecule has 1 aromatic heterocycles. The molecule has 2 aromatic rings. The molecule has 1 aromatic carbocycles. The highest BCUT2D eigenvalue weighted by Crippen LogP contribution is 2.15. The third-order valence-electron chi connectivity index (χ3n) is 3.20. The van der Waals surface area contributed by atoms with E-state index in [9.17, 15) is 14.7 Å². The summed E-state index contributed by atoms with van der Waals surface area (Å²) in [5.41, 5.74) is 1.57. The van der Waals surface area contributed by atoms with Gasteiger partial charge in [0.05, 0.1) is 13.2 Å². The Kier molecular flexibility index (Phi) is 6.13. The first-order chi connectivity index (χ1) is 11.1. The molecule has 1 atom stereocenters. The maximum absolute atomic E-state index is 11.7. The number of hydrogen-bond acceptors (Lipinski definition) is 5. The molecule has 0 saturated carbocycles. The van der Waals surface area contributed by atoms with Crippen LogP contribution in [0, 0.1) is 0 Å². The number of aliphatic hydroxyl groups is 1. The van der Waals surface area contributed by atoms with Crippen molar-refractivity contribution in [2.45, 2.75) is 12.6 Å². The number of amides is 2. The quantitative estimate of drug-likeness (QED) is 0.693. The number of benzene rings is 1. The van der Waals surface area contributed by atoms with Gasteiger partial charge in [-0.2, -0.15) is 11.3 Å². The molecule has 0 saturated heterocycles. The molecule has 1 unspecified atom stereocenters. The fourth-order valence-corrected chi connectivity index (χ4v) is 2.57. The van der Waals surface area contributed by atoms with Crippen LogP contribution in [0.3, 0.4) is 0 Å². The van der Waals surface area contributed by atoms with Crippen LogP contribution >= 0.6 is 11.3 Å². The van der Waals surface area contributed by atoms with Gasteiger partial charge in [-0.1, -0.05) is 12.1 Å². The Hall–Kier alpha value is -2.38. The summed E-state index contributed by atoms with van der Waals surface area (Å²) in [6.45, 7) is 0.231. The van der Waals surface area contributed by atoms with Crippen molar-refractivity contribution in [3.63, 3.8) is 0 Å². The van der Waals surface area contributed by atoms with Crippen molar-refractivity contribution in [1.29, 1.82) is 0 Å². The lowest BCUT2D eigenvalue weighted by Crippen LogP contribution is -2.41. The van der Waals surface area contributed by atoms with Crippen LogP contribution in [0.2, 0.25) is 0 Å². The van der Waals surface area contributed by atoms with Crippen molar-refractivity contribution in [1.82, 2.24) is 10.6 Å². The number of carbonyl (C=O) groups is 2. The van der Waals surface area contributed by atoms with Crippen molar-refractivity contribution in [2.75, 3.05) is 13.7 Å². The number of carbonyl (C=O) groups excluding carboxylic acids is 2. The summed E-state index contributed by atoms with van der Waals surface area (Å²) in [6, 6.07) is 8.93. The van der Waals surface area contributed by atoms with E-state index in [1.54, 1.807) is 42.8 Å². The first-order valence-electron chi connectivity index (χ1n) is 6.99. The summed E-state index contributed by atoms with van der Waals surface area (Å²) < 4.78 is 5.04. The summed E-state index contributed by atoms with van der Waals surface area (Å²) in [4.78, 5) is 23.4. The molecule has 23 heavy (non-hydrogen) atoms. The number of aliphatic hydroxyl groups excluding tert-OH is 1. The van der Waals surface area contributed by atoms with Gasteiger partial charge in [0.1, 0.15) is 5.75 Å². The maximum atomic E-state index is 11.7. The van der Waals surface area contributed by atoms with Crippen LogP contribution in [0.5, 0.6) is 5.75 Å². The van der Waals surface area contributed by atoms with Gasteiger partial charge in [0, 0.05) is 13.1 Å². The summed E-state index contributed by atoms with van der Waals surface area (Å²) in [5, 5.41) is 18.4. The first kappa shape index (κ1) is 17.0. The van der Waals surface area contributed by atoms with Gasteiger partial charge in [-0.25, -0.2) is 0 Å². The third kappa shape index (κ3) is 5.08. The SMILES string of the molecule is COc1ccc(CNC(=O)C(=O)NCC(O)c2ccsc2)cc1. The minimum atomic E-state index is -0.820. The van der Waals surface area contributed by atoms with E-state index in [4.69, 9.17) is 4.74 Å². The lowest BCUT2D eigenvalue weighted by atomic mass is 10.2. The van der Waals surface area contributed by atoms with Gasteiger partial charge in [0.2, 0.25) is 0 Å². The van der Waals surface area contributed by atoms with E-state index in [0.29, 0.717) is 5.56 Å². The highest BCUT2D eigenvalue weighted by molar-refractivity contribution is 7.07. The van der Waals surface area contributed by atoms with Gasteiger partial charge >= 0.3 is 11.8 Å². The third-order valence-corrected chi connectivity index (χ3v) is 3.90. The van der Waals surface area contributed by atoms with E-state index >= 15 is 0 Å². The van der Waals surface area contributed by atoms with Gasteiger partial charge in [-0.15, -0.1) is 0 Å². The molecule has 2 rings (SSSR count). The molecule has 2 amide bonds. The molecule has 0 radical (unpaired) electrons. The van der Waals surface area contributed by atoms with Crippen LogP contribution in [-0.4, -0.2) is 30.6 Å². The van der Waals surface area contributed by atoms with E-state index in [-0.39, 0.29) is 13.1 Å². The number of rotatable bonds is 6. The maximum Gasteiger partial charge on any atom is 0.309 e. The second-order valence-corrected chi connectivity index (χ2v) is 5.59. The Morgan fingerprint density at radius 1 is 1.17 bits per heavy atom. The predicted molar refractivity (Wildman–Crippen MR) is 87.1 cm³/mol. The smallest absolute Gasteiger partial charge is 0.309 e. The number of thiophene rings is 1. The monoisotopic (exact) mass is 334 g/mol. The van der Waals surface area contributed by atoms with Crippen molar-refractivity contribution in [2.24, 2.45) is 0 Å². The molecular weight excluding hydrogens is 316 g/mol. The lowest BCUT2D eigenvalue weighted by molar-refractivity contribution is -0.139. The Balaban J connectivity index is 1.75. The van der Waals surface area contributed by atoms with Crippen molar-refractivity contribution >= 4 is 23.2 Å². The fraction of sp³-hybridized carbons (Fsp3) is 0.250. The molecule has 0 aliphatic carbocycles. The molecule has 0 bridgehead atoms. The number of nitrogens with one attached hydrogen (secondary N) is 2. The zero-order valence-electron chi connectivity index (χ0n) is 12.6. The van der Waals surface area contributed by atoms with Gasteiger partial charge in [-0.05, 0) is 40.1 Å². The van der Waals surface area contributed by atoms with E-state index < -0.39 is 17.9 Å². The standard InChI is InChI=1S/C16H18N2O4S/c1-22-13-4-2-11(3-5-13)8-17-15(20)16(21)18-9-14(19)12-6-7-23-10-12/h2-7,10,14,19H,8-9H2,1H3,(H,17,20)(H,18,21). The summed E-state index contributed by atoms with van der Waals surface area (Å²) >= 11 is 1.46. The summed E-state index contributed by atoms with van der Waals surface area (Å²) in [5.74, 6) is -0.786. The highest BCUT2D eigenvalue weighted by Gasteiger charge is 2.15. The van der Waals surface area contributed by atoms with E-state index in [1.165, 1.54) is 11.3 Å². The topological polar surface area (TPSA) is 87.7 Å². The minimum absolute atomic E-state index is 0.00841. The molecule has 0 aliphatic rings. The average molecular weight is 334 g/mol. The Morgan fingerprint density at radius 2 is 1.87 bits per heavy atom. The van der Waals surface area contributed by atoms with Crippen LogP contribution in [0.25, 0.3) is 0 Å². The van der Waals surface area contributed by atoms with Crippen molar-refractivity contribution < 1.29 is 19.4 Å². The first-order valence-corrected chi connectivity index (χ1v) is 7.93. The second kappa shape index (κ2) is 8.30. The number of ether oxygens (including phenoxy) is 1. The van der Waals surface area contributed by atoms with Crippen LogP contribution in [0.15, 0.2) is 41.1 Å². The average Bonchev–Trinajstić information content (AvgIpc) is 3.12. The van der Waals surface area contributed by atoms with Crippen LogP contribution < -0.4 is 15.4 Å². The second-order valence-electron chi connectivity index (χ2n) is 4.81. The number of methoxy groups -OCH3 is 1. The molecule has 122 valence electrons. The molecule has 0 fully saturated rings. The van der Waals surface area contributed by atoms with Crippen LogP contribution in [0.1, 0.15) is 17.2 Å². The molecule has 6 nitrogen and oxygen atoms in total. The Morgan fingerprint density at radius 3 is 2.48 bits per heavy atom. The summed E-state index contributed by atoms with van der Waals surface area (Å²) in [7, 11) is 1.58. The summed E-state index contributed by atoms with van der Waals surface area (Å²) in [6.07, 6.45) is -0.820. The van der Waals surface area contributed by atoms with Gasteiger partial charge in [0.15, 0.2) is 0 Å². The van der Waals surface area contributed by atoms with Gasteiger partial charge < -0.3 is 20.5 Å². The van der Waals surface area contributed by atoms with Gasteiger partial charge in [0.25, 0.3) is 0 Å². The van der Waals surface area contributed by atoms with E-state index in [2.05, 4.69) is 10.6 Å². The zero-order valence-corrected chi connectivity index (χ0v) is 13.4. The van der Waals surface area contributed by atoms with Gasteiger partial charge in [-0.3, -0.25) is 9.59 Å². The molecule has 1 heterocycles. The molecule has 3 N–H and O–H groups in total. The predicted octanol–water partition coefficient (Wildman–Crippen LogP) is 1.22. The normalized spacial score (nSPS) is 11.6. The van der Waals surface area contributed by atoms with Crippen LogP contribution in [-0.2, 0) is 16.1 Å². The number of hydrogen-bond donors (Lipinski definition) is 3. The minimum Gasteiger partial charge on any atom is -0.497 e. The molecule has 7 heteroatoms. The van der Waals surface area contributed by atoms with Crippen LogP contribution in [0.4, 0.5) is 0 Å². The zero-order chi connectivity index (χ0) is 16.7. The van der Waals surface area contributed by atoms with Crippen molar-refractivity contribution in [3.8, 4) is 5.75 Å². The fourth-order valence-electron chi connectivity index (χ4n) is 1.86. The Labute approximate surface area is 138 Å². The van der Waals surface area contributed by atoms with E-state index in [0.717, 1.165) is 11.3 Å². The van der Waals surface area contributed by atoms with E-state index in [1.807, 2.05) is 5.38 Å².